The molecule has 0 spiro atoms. The molecule has 0 saturated heterocycles. The average Bonchev–Trinajstić information content (AvgIpc) is 2.75. The molecule has 28 heavy (non-hydrogen) atoms. The second kappa shape index (κ2) is 7.47. The van der Waals surface area contributed by atoms with Gasteiger partial charge in [0, 0.05) is 11.3 Å². The molecule has 0 saturated carbocycles. The summed E-state index contributed by atoms with van der Waals surface area (Å²) in [5.74, 6) is -1.38. The lowest BCUT2D eigenvalue weighted by Crippen LogP contribution is -2.42. The third kappa shape index (κ3) is 3.27. The molecular formula is C26H24O2. The molecule has 2 nitrogen and oxygen atoms in total. The molecule has 3 aromatic rings. The Bertz CT molecular complexity index is 977. The third-order valence-electron chi connectivity index (χ3n) is 6.00. The van der Waals surface area contributed by atoms with Crippen molar-refractivity contribution in [1.29, 1.82) is 0 Å². The molecule has 0 heterocycles. The summed E-state index contributed by atoms with van der Waals surface area (Å²) in [7, 11) is 0. The average molecular weight is 368 g/mol. The van der Waals surface area contributed by atoms with Crippen LogP contribution in [0.5, 0.6) is 0 Å². The minimum atomic E-state index is -0.747. The molecule has 1 aliphatic carbocycles. The number of carbonyl (C=O) groups is 1. The van der Waals surface area contributed by atoms with Crippen LogP contribution in [0.25, 0.3) is 5.57 Å². The van der Waals surface area contributed by atoms with Gasteiger partial charge in [-0.2, -0.15) is 0 Å². The van der Waals surface area contributed by atoms with Crippen molar-refractivity contribution in [2.75, 3.05) is 0 Å². The zero-order chi connectivity index (χ0) is 19.6. The molecule has 0 aliphatic heterocycles. The van der Waals surface area contributed by atoms with Crippen LogP contribution in [-0.4, -0.2) is 11.1 Å². The molecule has 1 unspecified atom stereocenters. The molecule has 0 radical (unpaired) electrons. The molecule has 3 atom stereocenters. The van der Waals surface area contributed by atoms with Gasteiger partial charge in [-0.05, 0) is 28.7 Å². The lowest BCUT2D eigenvalue weighted by atomic mass is 9.59. The van der Waals surface area contributed by atoms with E-state index in [1.165, 1.54) is 5.57 Å². The lowest BCUT2D eigenvalue weighted by molar-refractivity contribution is -0.144. The maximum atomic E-state index is 12.5. The van der Waals surface area contributed by atoms with Gasteiger partial charge >= 0.3 is 5.97 Å². The second-order valence-corrected chi connectivity index (χ2v) is 7.72. The summed E-state index contributed by atoms with van der Waals surface area (Å²) in [5.41, 5.74) is 3.89. The van der Waals surface area contributed by atoms with Crippen molar-refractivity contribution in [2.24, 2.45) is 5.92 Å². The van der Waals surface area contributed by atoms with Crippen LogP contribution >= 0.6 is 0 Å². The topological polar surface area (TPSA) is 37.3 Å². The maximum Gasteiger partial charge on any atom is 0.308 e. The normalized spacial score (nSPS) is 24.4. The first-order chi connectivity index (χ1) is 13.6. The van der Waals surface area contributed by atoms with Gasteiger partial charge in [-0.15, -0.1) is 0 Å². The maximum absolute atomic E-state index is 12.5. The molecule has 4 rings (SSSR count). The number of carboxylic acids is 1. The van der Waals surface area contributed by atoms with Crippen molar-refractivity contribution in [3.63, 3.8) is 0 Å². The van der Waals surface area contributed by atoms with Crippen LogP contribution in [0.15, 0.2) is 97.1 Å². The van der Waals surface area contributed by atoms with Crippen LogP contribution in [-0.2, 0) is 10.2 Å². The fraction of sp³-hybridized carbons (Fsp3) is 0.192. The molecule has 140 valence electrons. The number of aliphatic carboxylic acids is 1. The van der Waals surface area contributed by atoms with Crippen LogP contribution in [0, 0.1) is 5.92 Å². The number of benzene rings is 3. The van der Waals surface area contributed by atoms with Gasteiger partial charge in [0.05, 0.1) is 5.92 Å². The van der Waals surface area contributed by atoms with E-state index in [-0.39, 0.29) is 5.92 Å². The molecule has 0 bridgehead atoms. The molecule has 0 aromatic heterocycles. The SMILES string of the molecule is C[C@]1(c2ccccc2)C=C(c2ccccc2)CC(c2ccccc2)[C@H]1C(=O)O. The van der Waals surface area contributed by atoms with E-state index < -0.39 is 17.3 Å². The summed E-state index contributed by atoms with van der Waals surface area (Å²) in [6, 6.07) is 30.4. The third-order valence-corrected chi connectivity index (χ3v) is 6.00. The van der Waals surface area contributed by atoms with E-state index in [1.54, 1.807) is 0 Å². The number of allylic oxidation sites excluding steroid dienone is 2. The van der Waals surface area contributed by atoms with Gasteiger partial charge in [-0.1, -0.05) is 104 Å². The number of hydrogen-bond acceptors (Lipinski definition) is 1. The smallest absolute Gasteiger partial charge is 0.308 e. The fourth-order valence-corrected chi connectivity index (χ4v) is 4.64. The number of carboxylic acid groups (broad SMARTS) is 1. The quantitative estimate of drug-likeness (QED) is 0.621. The zero-order valence-corrected chi connectivity index (χ0v) is 16.0. The number of rotatable bonds is 4. The van der Waals surface area contributed by atoms with E-state index in [4.69, 9.17) is 0 Å². The van der Waals surface area contributed by atoms with Gasteiger partial charge in [0.15, 0.2) is 0 Å². The van der Waals surface area contributed by atoms with E-state index in [2.05, 4.69) is 37.3 Å². The van der Waals surface area contributed by atoms with Gasteiger partial charge in [-0.3, -0.25) is 4.79 Å². The molecule has 1 aliphatic rings. The summed E-state index contributed by atoms with van der Waals surface area (Å²) in [6.07, 6.45) is 2.91. The van der Waals surface area contributed by atoms with Gasteiger partial charge < -0.3 is 5.11 Å². The van der Waals surface area contributed by atoms with Crippen LogP contribution in [0.3, 0.4) is 0 Å². The van der Waals surface area contributed by atoms with Crippen LogP contribution < -0.4 is 0 Å². The highest BCUT2D eigenvalue weighted by molar-refractivity contribution is 5.80. The first kappa shape index (κ1) is 18.2. The summed E-state index contributed by atoms with van der Waals surface area (Å²) in [5, 5.41) is 10.3. The molecule has 0 amide bonds. The van der Waals surface area contributed by atoms with E-state index >= 15 is 0 Å². The molecule has 2 heteroatoms. The highest BCUT2D eigenvalue weighted by atomic mass is 16.4. The molecule has 3 aromatic carbocycles. The Morgan fingerprint density at radius 2 is 1.39 bits per heavy atom. The zero-order valence-electron chi connectivity index (χ0n) is 16.0. The Balaban J connectivity index is 1.93. The van der Waals surface area contributed by atoms with Crippen molar-refractivity contribution < 1.29 is 9.90 Å². The van der Waals surface area contributed by atoms with Crippen LogP contribution in [0.2, 0.25) is 0 Å². The number of hydrogen-bond donors (Lipinski definition) is 1. The minimum Gasteiger partial charge on any atom is -0.481 e. The second-order valence-electron chi connectivity index (χ2n) is 7.72. The lowest BCUT2D eigenvalue weighted by Gasteiger charge is -2.43. The predicted octanol–water partition coefficient (Wildman–Crippen LogP) is 5.92. The van der Waals surface area contributed by atoms with Crippen molar-refractivity contribution in [1.82, 2.24) is 0 Å². The largest absolute Gasteiger partial charge is 0.481 e. The Hall–Kier alpha value is -3.13. The Morgan fingerprint density at radius 3 is 1.96 bits per heavy atom. The van der Waals surface area contributed by atoms with Gasteiger partial charge in [0.2, 0.25) is 0 Å². The van der Waals surface area contributed by atoms with E-state index in [1.807, 2.05) is 66.7 Å². The van der Waals surface area contributed by atoms with E-state index in [9.17, 15) is 9.90 Å². The van der Waals surface area contributed by atoms with E-state index in [0.717, 1.165) is 16.7 Å². The summed E-state index contributed by atoms with van der Waals surface area (Å²) in [6.45, 7) is 2.07. The summed E-state index contributed by atoms with van der Waals surface area (Å²) >= 11 is 0. The molecule has 0 fully saturated rings. The minimum absolute atomic E-state index is 0.0934. The first-order valence-corrected chi connectivity index (χ1v) is 9.70. The monoisotopic (exact) mass is 368 g/mol. The highest BCUT2D eigenvalue weighted by Crippen LogP contribution is 2.51. The van der Waals surface area contributed by atoms with Gasteiger partial charge in [0.1, 0.15) is 0 Å². The highest BCUT2D eigenvalue weighted by Gasteiger charge is 2.47. The first-order valence-electron chi connectivity index (χ1n) is 9.70. The summed E-state index contributed by atoms with van der Waals surface area (Å²) < 4.78 is 0. The molecule has 1 N–H and O–H groups in total. The van der Waals surface area contributed by atoms with Crippen LogP contribution in [0.4, 0.5) is 0 Å². The van der Waals surface area contributed by atoms with Gasteiger partial charge in [0.25, 0.3) is 0 Å². The van der Waals surface area contributed by atoms with Gasteiger partial charge in [-0.25, -0.2) is 0 Å². The summed E-state index contributed by atoms with van der Waals surface area (Å²) in [4.78, 5) is 12.5. The van der Waals surface area contributed by atoms with Crippen molar-refractivity contribution in [2.45, 2.75) is 24.7 Å². The van der Waals surface area contributed by atoms with Crippen molar-refractivity contribution in [3.8, 4) is 0 Å². The standard InChI is InChI=1S/C26H24O2/c1-26(22-15-9-4-10-16-22)18-21(19-11-5-2-6-12-19)17-23(24(26)25(27)28)20-13-7-3-8-14-20/h2-16,18,23-24H,17H2,1H3,(H,27,28)/t23?,24-,26+/m0/s1. The Labute approximate surface area is 166 Å². The predicted molar refractivity (Wildman–Crippen MR) is 113 cm³/mol. The van der Waals surface area contributed by atoms with Crippen LogP contribution in [0.1, 0.15) is 36.0 Å². The molecular weight excluding hydrogens is 344 g/mol. The Kier molecular flexibility index (Phi) is 4.87. The van der Waals surface area contributed by atoms with Crippen molar-refractivity contribution in [3.05, 3.63) is 114 Å². The Morgan fingerprint density at radius 1 is 0.857 bits per heavy atom. The fourth-order valence-electron chi connectivity index (χ4n) is 4.64. The van der Waals surface area contributed by atoms with Crippen molar-refractivity contribution >= 4 is 11.5 Å². The van der Waals surface area contributed by atoms with E-state index in [0.29, 0.717) is 6.42 Å².